The molecule has 3 aromatic carbocycles. The van der Waals surface area contributed by atoms with Crippen molar-refractivity contribution in [3.05, 3.63) is 95.6 Å². The number of anilines is 2. The van der Waals surface area contributed by atoms with Crippen molar-refractivity contribution in [2.75, 3.05) is 23.3 Å². The van der Waals surface area contributed by atoms with Crippen LogP contribution in [-0.4, -0.2) is 24.8 Å². The van der Waals surface area contributed by atoms with Gasteiger partial charge in [-0.05, 0) is 43.2 Å². The number of nitrogens with one attached hydrogen (secondary N) is 1. The van der Waals surface area contributed by atoms with Crippen molar-refractivity contribution in [3.8, 4) is 0 Å². The first-order chi connectivity index (χ1) is 13.7. The molecule has 140 valence electrons. The van der Waals surface area contributed by atoms with Crippen LogP contribution in [0.15, 0.2) is 78.9 Å². The number of hydrogen-bond donors (Lipinski definition) is 1. The summed E-state index contributed by atoms with van der Waals surface area (Å²) in [4.78, 5) is 28.0. The molecule has 1 amide bonds. The van der Waals surface area contributed by atoms with Gasteiger partial charge in [-0.1, -0.05) is 48.5 Å². The van der Waals surface area contributed by atoms with Gasteiger partial charge in [0.15, 0.2) is 5.78 Å². The van der Waals surface area contributed by atoms with E-state index < -0.39 is 0 Å². The first kappa shape index (κ1) is 18.0. The number of carbonyl (C=O) groups is 2. The lowest BCUT2D eigenvalue weighted by Gasteiger charge is -2.18. The third-order valence-electron chi connectivity index (χ3n) is 5.05. The highest BCUT2D eigenvalue weighted by Gasteiger charge is 2.18. The van der Waals surface area contributed by atoms with Crippen molar-refractivity contribution in [2.45, 2.75) is 12.8 Å². The molecule has 4 rings (SSSR count). The SMILES string of the molecule is O=C(Nc1ccc(N2CCCC2)cc1)c1ccccc1C(=O)c1ccccc1. The third kappa shape index (κ3) is 3.81. The topological polar surface area (TPSA) is 49.4 Å². The Morgan fingerprint density at radius 2 is 1.32 bits per heavy atom. The van der Waals surface area contributed by atoms with Crippen LogP contribution in [-0.2, 0) is 0 Å². The van der Waals surface area contributed by atoms with Gasteiger partial charge in [-0.2, -0.15) is 0 Å². The second kappa shape index (κ2) is 8.09. The molecular formula is C24H22N2O2. The Labute approximate surface area is 164 Å². The lowest BCUT2D eigenvalue weighted by atomic mass is 9.98. The molecule has 0 atom stereocenters. The average molecular weight is 370 g/mol. The van der Waals surface area contributed by atoms with Crippen molar-refractivity contribution in [3.63, 3.8) is 0 Å². The summed E-state index contributed by atoms with van der Waals surface area (Å²) in [6, 6.07) is 23.8. The van der Waals surface area contributed by atoms with Gasteiger partial charge in [0, 0.05) is 35.6 Å². The summed E-state index contributed by atoms with van der Waals surface area (Å²) >= 11 is 0. The summed E-state index contributed by atoms with van der Waals surface area (Å²) in [7, 11) is 0. The van der Waals surface area contributed by atoms with E-state index in [1.54, 1.807) is 36.4 Å². The maximum atomic E-state index is 12.8. The quantitative estimate of drug-likeness (QED) is 0.658. The van der Waals surface area contributed by atoms with E-state index in [0.29, 0.717) is 16.7 Å². The van der Waals surface area contributed by atoms with E-state index in [1.165, 1.54) is 18.5 Å². The second-order valence-corrected chi connectivity index (χ2v) is 6.94. The Balaban J connectivity index is 1.53. The number of rotatable bonds is 5. The zero-order valence-electron chi connectivity index (χ0n) is 15.6. The molecule has 1 aliphatic heterocycles. The molecule has 0 unspecified atom stereocenters. The van der Waals surface area contributed by atoms with Crippen LogP contribution in [0.3, 0.4) is 0 Å². The molecule has 0 saturated carbocycles. The van der Waals surface area contributed by atoms with E-state index in [2.05, 4.69) is 10.2 Å². The van der Waals surface area contributed by atoms with Crippen LogP contribution in [0, 0.1) is 0 Å². The molecule has 3 aromatic rings. The predicted molar refractivity (Wildman–Crippen MR) is 112 cm³/mol. The summed E-state index contributed by atoms with van der Waals surface area (Å²) < 4.78 is 0. The number of amides is 1. The third-order valence-corrected chi connectivity index (χ3v) is 5.05. The Morgan fingerprint density at radius 3 is 2.00 bits per heavy atom. The van der Waals surface area contributed by atoms with Crippen molar-refractivity contribution in [1.29, 1.82) is 0 Å². The van der Waals surface area contributed by atoms with Crippen LogP contribution < -0.4 is 10.2 Å². The number of nitrogens with zero attached hydrogens (tertiary/aromatic N) is 1. The monoisotopic (exact) mass is 370 g/mol. The minimum Gasteiger partial charge on any atom is -0.372 e. The number of carbonyl (C=O) groups excluding carboxylic acids is 2. The van der Waals surface area contributed by atoms with E-state index in [9.17, 15) is 9.59 Å². The van der Waals surface area contributed by atoms with E-state index in [0.717, 1.165) is 18.8 Å². The Kier molecular flexibility index (Phi) is 5.20. The smallest absolute Gasteiger partial charge is 0.256 e. The fraction of sp³-hybridized carbons (Fsp3) is 0.167. The zero-order chi connectivity index (χ0) is 19.3. The Morgan fingerprint density at radius 1 is 0.714 bits per heavy atom. The number of hydrogen-bond acceptors (Lipinski definition) is 3. The molecule has 0 aliphatic carbocycles. The van der Waals surface area contributed by atoms with Gasteiger partial charge in [-0.15, -0.1) is 0 Å². The lowest BCUT2D eigenvalue weighted by molar-refractivity contribution is 0.0996. The molecule has 4 heteroatoms. The predicted octanol–water partition coefficient (Wildman–Crippen LogP) is 4.77. The molecule has 4 nitrogen and oxygen atoms in total. The van der Waals surface area contributed by atoms with Gasteiger partial charge < -0.3 is 10.2 Å². The van der Waals surface area contributed by atoms with Crippen LogP contribution >= 0.6 is 0 Å². The van der Waals surface area contributed by atoms with Gasteiger partial charge >= 0.3 is 0 Å². The summed E-state index contributed by atoms with van der Waals surface area (Å²) in [6.07, 6.45) is 2.45. The van der Waals surface area contributed by atoms with Crippen molar-refractivity contribution >= 4 is 23.1 Å². The van der Waals surface area contributed by atoms with Crippen molar-refractivity contribution in [2.24, 2.45) is 0 Å². The molecule has 1 N–H and O–H groups in total. The van der Waals surface area contributed by atoms with E-state index in [4.69, 9.17) is 0 Å². The van der Waals surface area contributed by atoms with E-state index >= 15 is 0 Å². The average Bonchev–Trinajstić information content (AvgIpc) is 3.29. The minimum absolute atomic E-state index is 0.157. The highest BCUT2D eigenvalue weighted by Crippen LogP contribution is 2.23. The molecule has 0 aromatic heterocycles. The van der Waals surface area contributed by atoms with Crippen LogP contribution in [0.1, 0.15) is 39.1 Å². The van der Waals surface area contributed by atoms with Crippen LogP contribution in [0.4, 0.5) is 11.4 Å². The highest BCUT2D eigenvalue weighted by atomic mass is 16.2. The van der Waals surface area contributed by atoms with Crippen LogP contribution in [0.2, 0.25) is 0 Å². The second-order valence-electron chi connectivity index (χ2n) is 6.94. The maximum Gasteiger partial charge on any atom is 0.256 e. The highest BCUT2D eigenvalue weighted by molar-refractivity contribution is 6.17. The largest absolute Gasteiger partial charge is 0.372 e. The van der Waals surface area contributed by atoms with Gasteiger partial charge in [-0.3, -0.25) is 9.59 Å². The van der Waals surface area contributed by atoms with Gasteiger partial charge in [0.25, 0.3) is 5.91 Å². The van der Waals surface area contributed by atoms with Crippen LogP contribution in [0.25, 0.3) is 0 Å². The molecule has 0 radical (unpaired) electrons. The summed E-state index contributed by atoms with van der Waals surface area (Å²) in [5.41, 5.74) is 3.24. The van der Waals surface area contributed by atoms with Crippen molar-refractivity contribution in [1.82, 2.24) is 0 Å². The first-order valence-corrected chi connectivity index (χ1v) is 9.57. The van der Waals surface area contributed by atoms with Gasteiger partial charge in [0.1, 0.15) is 0 Å². The number of ketones is 1. The van der Waals surface area contributed by atoms with Crippen molar-refractivity contribution < 1.29 is 9.59 Å². The minimum atomic E-state index is -0.284. The van der Waals surface area contributed by atoms with Gasteiger partial charge in [0.05, 0.1) is 5.56 Å². The molecule has 28 heavy (non-hydrogen) atoms. The molecule has 1 aliphatic rings. The fourth-order valence-corrected chi connectivity index (χ4v) is 3.55. The van der Waals surface area contributed by atoms with E-state index in [1.807, 2.05) is 42.5 Å². The lowest BCUT2D eigenvalue weighted by Crippen LogP contribution is -2.18. The Hall–Kier alpha value is -3.40. The van der Waals surface area contributed by atoms with E-state index in [-0.39, 0.29) is 11.7 Å². The van der Waals surface area contributed by atoms with Gasteiger partial charge in [-0.25, -0.2) is 0 Å². The molecule has 1 saturated heterocycles. The summed E-state index contributed by atoms with van der Waals surface area (Å²) in [6.45, 7) is 2.17. The molecular weight excluding hydrogens is 348 g/mol. The Bertz CT molecular complexity index is 975. The summed E-state index contributed by atoms with van der Waals surface area (Å²) in [5, 5.41) is 2.91. The van der Waals surface area contributed by atoms with Crippen LogP contribution in [0.5, 0.6) is 0 Å². The van der Waals surface area contributed by atoms with Gasteiger partial charge in [0.2, 0.25) is 0 Å². The zero-order valence-corrected chi connectivity index (χ0v) is 15.6. The summed E-state index contributed by atoms with van der Waals surface area (Å²) in [5.74, 6) is -0.440. The number of benzene rings is 3. The maximum absolute atomic E-state index is 12.8. The molecule has 0 spiro atoms. The standard InChI is InChI=1S/C24H22N2O2/c27-23(18-8-2-1-3-9-18)21-10-4-5-11-22(21)24(28)25-19-12-14-20(15-13-19)26-16-6-7-17-26/h1-5,8-15H,6-7,16-17H2,(H,25,28). The molecule has 1 fully saturated rings. The normalized spacial score (nSPS) is 13.4. The molecule has 1 heterocycles. The fourth-order valence-electron chi connectivity index (χ4n) is 3.55. The molecule has 0 bridgehead atoms. The first-order valence-electron chi connectivity index (χ1n) is 9.57.